The van der Waals surface area contributed by atoms with E-state index >= 15 is 0 Å². The summed E-state index contributed by atoms with van der Waals surface area (Å²) in [5, 5.41) is 0. The van der Waals surface area contributed by atoms with Crippen molar-refractivity contribution in [3.63, 3.8) is 0 Å². The van der Waals surface area contributed by atoms with Crippen LogP contribution in [-0.4, -0.2) is 48.2 Å². The van der Waals surface area contributed by atoms with Crippen molar-refractivity contribution in [2.24, 2.45) is 5.92 Å². The van der Waals surface area contributed by atoms with Crippen molar-refractivity contribution in [1.82, 2.24) is 4.90 Å². The van der Waals surface area contributed by atoms with E-state index in [1.54, 1.807) is 0 Å². The van der Waals surface area contributed by atoms with Gasteiger partial charge in [-0.1, -0.05) is 6.92 Å². The minimum absolute atomic E-state index is 0.0394. The van der Waals surface area contributed by atoms with Gasteiger partial charge < -0.3 is 9.47 Å². The van der Waals surface area contributed by atoms with Crippen molar-refractivity contribution in [3.8, 4) is 0 Å². The molecule has 5 nitrogen and oxygen atoms in total. The average Bonchev–Trinajstić information content (AvgIpc) is 2.83. The highest BCUT2D eigenvalue weighted by atomic mass is 16.6. The zero-order valence-electron chi connectivity index (χ0n) is 13.4. The molecule has 5 heteroatoms. The van der Waals surface area contributed by atoms with E-state index in [2.05, 4.69) is 4.90 Å². The van der Waals surface area contributed by atoms with E-state index in [1.807, 2.05) is 34.6 Å². The Bertz CT molecular complexity index is 361. The van der Waals surface area contributed by atoms with Gasteiger partial charge in [0.05, 0.1) is 13.0 Å². The molecule has 20 heavy (non-hydrogen) atoms. The predicted octanol–water partition coefficient (Wildman–Crippen LogP) is 1.99. The van der Waals surface area contributed by atoms with Crippen LogP contribution in [0, 0.1) is 5.92 Å². The summed E-state index contributed by atoms with van der Waals surface area (Å²) >= 11 is 0. The molecule has 0 amide bonds. The summed E-state index contributed by atoms with van der Waals surface area (Å²) in [7, 11) is 1.39. The van der Waals surface area contributed by atoms with Crippen molar-refractivity contribution >= 4 is 11.9 Å². The Kier molecular flexibility index (Phi) is 5.57. The Balaban J connectivity index is 2.74. The molecule has 0 radical (unpaired) electrons. The molecule has 0 aliphatic carbocycles. The molecule has 0 aromatic carbocycles. The van der Waals surface area contributed by atoms with Crippen LogP contribution in [0.2, 0.25) is 0 Å². The third-order valence-electron chi connectivity index (χ3n) is 3.79. The predicted molar refractivity (Wildman–Crippen MR) is 76.2 cm³/mol. The zero-order valence-corrected chi connectivity index (χ0v) is 13.4. The van der Waals surface area contributed by atoms with Crippen molar-refractivity contribution in [2.45, 2.75) is 65.1 Å². The van der Waals surface area contributed by atoms with Gasteiger partial charge in [-0.3, -0.25) is 14.5 Å². The number of esters is 2. The molecule has 1 saturated heterocycles. The highest BCUT2D eigenvalue weighted by Crippen LogP contribution is 2.26. The molecule has 1 aliphatic heterocycles. The Hall–Kier alpha value is -1.10. The van der Waals surface area contributed by atoms with Crippen molar-refractivity contribution in [1.29, 1.82) is 0 Å². The lowest BCUT2D eigenvalue weighted by Crippen LogP contribution is -2.48. The monoisotopic (exact) mass is 285 g/mol. The summed E-state index contributed by atoms with van der Waals surface area (Å²) in [6, 6.07) is -0.293. The van der Waals surface area contributed by atoms with Gasteiger partial charge in [0, 0.05) is 6.04 Å². The lowest BCUT2D eigenvalue weighted by molar-refractivity contribution is -0.162. The first-order valence-corrected chi connectivity index (χ1v) is 7.24. The number of ether oxygens (including phenoxy) is 2. The van der Waals surface area contributed by atoms with Crippen LogP contribution in [0.1, 0.15) is 47.5 Å². The smallest absolute Gasteiger partial charge is 0.323 e. The normalized spacial score (nSPS) is 23.2. The van der Waals surface area contributed by atoms with E-state index < -0.39 is 5.60 Å². The molecule has 1 aliphatic rings. The van der Waals surface area contributed by atoms with Gasteiger partial charge in [0.25, 0.3) is 0 Å². The molecule has 1 heterocycles. The standard InChI is InChI=1S/C15H27NO4/c1-10(13(17)19-6)11(2)16-9-7-8-12(16)14(18)20-15(3,4)5/h10-12H,7-9H2,1-6H3/t10?,11?,12-/m1/s1. The summed E-state index contributed by atoms with van der Waals surface area (Å²) in [5.41, 5.74) is -0.484. The summed E-state index contributed by atoms with van der Waals surface area (Å²) in [6.45, 7) is 10.2. The lowest BCUT2D eigenvalue weighted by Gasteiger charge is -2.33. The van der Waals surface area contributed by atoms with Gasteiger partial charge in [-0.2, -0.15) is 0 Å². The second-order valence-electron chi connectivity index (χ2n) is 6.48. The van der Waals surface area contributed by atoms with Gasteiger partial charge >= 0.3 is 11.9 Å². The molecule has 0 bridgehead atoms. The minimum atomic E-state index is -0.484. The van der Waals surface area contributed by atoms with Crippen molar-refractivity contribution < 1.29 is 19.1 Å². The lowest BCUT2D eigenvalue weighted by atomic mass is 10.0. The first kappa shape index (κ1) is 17.0. The van der Waals surface area contributed by atoms with Gasteiger partial charge in [-0.15, -0.1) is 0 Å². The Morgan fingerprint density at radius 2 is 1.85 bits per heavy atom. The second-order valence-corrected chi connectivity index (χ2v) is 6.48. The van der Waals surface area contributed by atoms with Gasteiger partial charge in [0.15, 0.2) is 0 Å². The number of carbonyl (C=O) groups excluding carboxylic acids is 2. The molecule has 3 atom stereocenters. The van der Waals surface area contributed by atoms with E-state index in [4.69, 9.17) is 9.47 Å². The SMILES string of the molecule is COC(=O)C(C)C(C)N1CCC[C@@H]1C(=O)OC(C)(C)C. The molecule has 0 aromatic heterocycles. The summed E-state index contributed by atoms with van der Waals surface area (Å²) in [6.07, 6.45) is 1.73. The average molecular weight is 285 g/mol. The van der Waals surface area contributed by atoms with Crippen molar-refractivity contribution in [3.05, 3.63) is 0 Å². The highest BCUT2D eigenvalue weighted by Gasteiger charge is 2.39. The van der Waals surface area contributed by atoms with E-state index in [1.165, 1.54) is 7.11 Å². The first-order chi connectivity index (χ1) is 9.17. The highest BCUT2D eigenvalue weighted by molar-refractivity contribution is 5.77. The maximum Gasteiger partial charge on any atom is 0.323 e. The van der Waals surface area contributed by atoms with Crippen molar-refractivity contribution in [2.75, 3.05) is 13.7 Å². The maximum absolute atomic E-state index is 12.3. The van der Waals surface area contributed by atoms with Crippen LogP contribution in [0.4, 0.5) is 0 Å². The Morgan fingerprint density at radius 3 is 2.35 bits per heavy atom. The summed E-state index contributed by atoms with van der Waals surface area (Å²) < 4.78 is 10.3. The van der Waals surface area contributed by atoms with E-state index in [0.29, 0.717) is 0 Å². The van der Waals surface area contributed by atoms with Crippen LogP contribution < -0.4 is 0 Å². The fourth-order valence-electron chi connectivity index (χ4n) is 2.57. The Labute approximate surface area is 121 Å². The van der Waals surface area contributed by atoms with Gasteiger partial charge in [0.1, 0.15) is 11.6 Å². The summed E-state index contributed by atoms with van der Waals surface area (Å²) in [4.78, 5) is 26.0. The molecule has 116 valence electrons. The van der Waals surface area contributed by atoms with Crippen LogP contribution in [0.25, 0.3) is 0 Å². The largest absolute Gasteiger partial charge is 0.469 e. The number of rotatable bonds is 4. The molecular weight excluding hydrogens is 258 g/mol. The number of nitrogens with zero attached hydrogens (tertiary/aromatic N) is 1. The molecule has 0 saturated carbocycles. The zero-order chi connectivity index (χ0) is 15.5. The molecule has 1 fully saturated rings. The fourth-order valence-corrected chi connectivity index (χ4v) is 2.57. The van der Waals surface area contributed by atoms with E-state index in [0.717, 1.165) is 19.4 Å². The molecule has 0 aromatic rings. The number of hydrogen-bond donors (Lipinski definition) is 0. The quantitative estimate of drug-likeness (QED) is 0.739. The summed E-state index contributed by atoms with van der Waals surface area (Å²) in [5.74, 6) is -0.700. The molecule has 0 N–H and O–H groups in total. The molecular formula is C15H27NO4. The third kappa shape index (κ3) is 4.20. The molecule has 0 spiro atoms. The molecule has 1 rings (SSSR count). The van der Waals surface area contributed by atoms with Crippen LogP contribution in [0.3, 0.4) is 0 Å². The first-order valence-electron chi connectivity index (χ1n) is 7.24. The fraction of sp³-hybridized carbons (Fsp3) is 0.867. The second kappa shape index (κ2) is 6.57. The number of likely N-dealkylation sites (tertiary alicyclic amines) is 1. The van der Waals surface area contributed by atoms with Crippen LogP contribution in [-0.2, 0) is 19.1 Å². The number of methoxy groups -OCH3 is 1. The van der Waals surface area contributed by atoms with Crippen LogP contribution >= 0.6 is 0 Å². The third-order valence-corrected chi connectivity index (χ3v) is 3.79. The van der Waals surface area contributed by atoms with Gasteiger partial charge in [0.2, 0.25) is 0 Å². The molecule has 2 unspecified atom stereocenters. The van der Waals surface area contributed by atoms with Crippen LogP contribution in [0.15, 0.2) is 0 Å². The van der Waals surface area contributed by atoms with E-state index in [9.17, 15) is 9.59 Å². The van der Waals surface area contributed by atoms with Gasteiger partial charge in [-0.25, -0.2) is 0 Å². The number of carbonyl (C=O) groups is 2. The van der Waals surface area contributed by atoms with E-state index in [-0.39, 0.29) is 29.9 Å². The Morgan fingerprint density at radius 1 is 1.25 bits per heavy atom. The minimum Gasteiger partial charge on any atom is -0.469 e. The van der Waals surface area contributed by atoms with Crippen LogP contribution in [0.5, 0.6) is 0 Å². The topological polar surface area (TPSA) is 55.8 Å². The van der Waals surface area contributed by atoms with Gasteiger partial charge in [-0.05, 0) is 47.1 Å². The maximum atomic E-state index is 12.3. The number of hydrogen-bond acceptors (Lipinski definition) is 5.